The Hall–Kier alpha value is -4.80. The normalized spacial score (nSPS) is 11.2. The fraction of sp³-hybridized carbons (Fsp3) is 0.148. The number of nitrogens with zero attached hydrogens (tertiary/aromatic N) is 3. The molecule has 0 aliphatic heterocycles. The largest absolute Gasteiger partial charge is 0.433 e. The average Bonchev–Trinajstić information content (AvgIpc) is 2.86. The number of benzene rings is 1. The van der Waals surface area contributed by atoms with Gasteiger partial charge in [0.2, 0.25) is 5.91 Å². The van der Waals surface area contributed by atoms with Crippen LogP contribution in [0.1, 0.15) is 28.5 Å². The number of rotatable bonds is 5. The molecule has 8 nitrogen and oxygen atoms in total. The van der Waals surface area contributed by atoms with Crippen molar-refractivity contribution >= 4 is 23.3 Å². The van der Waals surface area contributed by atoms with E-state index in [2.05, 4.69) is 20.6 Å². The summed E-state index contributed by atoms with van der Waals surface area (Å²) >= 11 is 0. The maximum Gasteiger partial charge on any atom is 0.433 e. The van der Waals surface area contributed by atoms with Gasteiger partial charge < -0.3 is 15.2 Å². The molecule has 0 radical (unpaired) electrons. The summed E-state index contributed by atoms with van der Waals surface area (Å²) in [4.78, 5) is 44.4. The Balaban J connectivity index is 1.70. The van der Waals surface area contributed by atoms with Crippen LogP contribution in [0.3, 0.4) is 0 Å². The average molecular weight is 521 g/mol. The van der Waals surface area contributed by atoms with Gasteiger partial charge in [-0.05, 0) is 71.6 Å². The molecule has 3 aromatic heterocycles. The number of aryl methyl sites for hydroxylation is 2. The Morgan fingerprint density at radius 2 is 1.63 bits per heavy atom. The van der Waals surface area contributed by atoms with Crippen molar-refractivity contribution in [1.29, 1.82) is 0 Å². The van der Waals surface area contributed by atoms with Crippen molar-refractivity contribution in [1.82, 2.24) is 14.5 Å². The van der Waals surface area contributed by atoms with Crippen LogP contribution in [0.5, 0.6) is 0 Å². The van der Waals surface area contributed by atoms with Crippen molar-refractivity contribution < 1.29 is 22.8 Å². The van der Waals surface area contributed by atoms with E-state index in [1.165, 1.54) is 23.8 Å². The number of hydrogen-bond donors (Lipinski definition) is 2. The second kappa shape index (κ2) is 10.3. The summed E-state index contributed by atoms with van der Waals surface area (Å²) < 4.78 is 40.4. The molecule has 0 saturated carbocycles. The molecule has 0 atom stereocenters. The summed E-state index contributed by atoms with van der Waals surface area (Å²) in [6.45, 7) is 3.21. The van der Waals surface area contributed by atoms with E-state index in [9.17, 15) is 27.6 Å². The zero-order valence-corrected chi connectivity index (χ0v) is 20.6. The van der Waals surface area contributed by atoms with Crippen molar-refractivity contribution in [2.75, 3.05) is 10.6 Å². The molecule has 4 aromatic rings. The SMILES string of the molecule is CC(=O)Nc1cc(-c2cc(-c3cc(NC(=O)c4ccnc(C(F)(F)F)c4)ccc3C)cn(C)c2=O)ccn1. The van der Waals surface area contributed by atoms with Gasteiger partial charge >= 0.3 is 6.18 Å². The predicted octanol–water partition coefficient (Wildman–Crippen LogP) is 5.05. The van der Waals surface area contributed by atoms with Crippen LogP contribution in [0.25, 0.3) is 22.3 Å². The first-order valence-electron chi connectivity index (χ1n) is 11.3. The highest BCUT2D eigenvalue weighted by Gasteiger charge is 2.33. The number of pyridine rings is 3. The minimum atomic E-state index is -4.67. The number of carbonyl (C=O) groups excluding carboxylic acids is 2. The standard InChI is InChI=1S/C27H22F3N5O3/c1-15-4-5-20(34-25(37)18-7-8-31-23(11-18)27(28,29)30)13-21(15)19-10-22(26(38)35(3)14-19)17-6-9-32-24(12-17)33-16(2)36/h4-14H,1-3H3,(H,34,37)(H,32,33,36). The van der Waals surface area contributed by atoms with Gasteiger partial charge in [-0.3, -0.25) is 19.4 Å². The lowest BCUT2D eigenvalue weighted by molar-refractivity contribution is -0.141. The maximum absolute atomic E-state index is 13.0. The van der Waals surface area contributed by atoms with Crippen LogP contribution in [0.4, 0.5) is 24.7 Å². The second-order valence-corrected chi connectivity index (χ2v) is 8.58. The molecule has 0 fully saturated rings. The Morgan fingerprint density at radius 3 is 2.34 bits per heavy atom. The molecule has 3 heterocycles. The van der Waals surface area contributed by atoms with E-state index >= 15 is 0 Å². The van der Waals surface area contributed by atoms with Crippen LogP contribution in [-0.4, -0.2) is 26.3 Å². The number of amides is 2. The fourth-order valence-corrected chi connectivity index (χ4v) is 3.85. The molecule has 11 heteroatoms. The van der Waals surface area contributed by atoms with Crippen molar-refractivity contribution in [3.8, 4) is 22.3 Å². The van der Waals surface area contributed by atoms with Crippen LogP contribution in [0.15, 0.2) is 71.9 Å². The highest BCUT2D eigenvalue weighted by molar-refractivity contribution is 6.04. The van der Waals surface area contributed by atoms with E-state index in [4.69, 9.17) is 0 Å². The van der Waals surface area contributed by atoms with E-state index < -0.39 is 17.8 Å². The van der Waals surface area contributed by atoms with Gasteiger partial charge in [0, 0.05) is 49.4 Å². The van der Waals surface area contributed by atoms with Crippen LogP contribution in [0, 0.1) is 6.92 Å². The lowest BCUT2D eigenvalue weighted by atomic mass is 9.98. The predicted molar refractivity (Wildman–Crippen MR) is 137 cm³/mol. The Bertz CT molecular complexity index is 1610. The third-order valence-corrected chi connectivity index (χ3v) is 5.68. The first kappa shape index (κ1) is 26.3. The summed E-state index contributed by atoms with van der Waals surface area (Å²) in [6.07, 6.45) is -0.613. The molecular formula is C27H22F3N5O3. The summed E-state index contributed by atoms with van der Waals surface area (Å²) in [6, 6.07) is 11.9. The molecule has 38 heavy (non-hydrogen) atoms. The van der Waals surface area contributed by atoms with Crippen molar-refractivity contribution in [2.24, 2.45) is 7.05 Å². The quantitative estimate of drug-likeness (QED) is 0.383. The number of anilines is 2. The minimum Gasteiger partial charge on any atom is -0.322 e. The summed E-state index contributed by atoms with van der Waals surface area (Å²) in [7, 11) is 1.61. The highest BCUT2D eigenvalue weighted by atomic mass is 19.4. The summed E-state index contributed by atoms with van der Waals surface area (Å²) in [5, 5.41) is 5.21. The maximum atomic E-state index is 13.0. The highest BCUT2D eigenvalue weighted by Crippen LogP contribution is 2.30. The monoisotopic (exact) mass is 521 g/mol. The molecule has 4 rings (SSSR count). The third kappa shape index (κ3) is 5.77. The van der Waals surface area contributed by atoms with E-state index in [1.807, 2.05) is 6.92 Å². The van der Waals surface area contributed by atoms with E-state index in [1.54, 1.807) is 49.6 Å². The first-order chi connectivity index (χ1) is 17.9. The molecule has 0 aliphatic rings. The third-order valence-electron chi connectivity index (χ3n) is 5.68. The van der Waals surface area contributed by atoms with Gasteiger partial charge in [0.15, 0.2) is 0 Å². The van der Waals surface area contributed by atoms with E-state index in [-0.39, 0.29) is 17.0 Å². The zero-order valence-electron chi connectivity index (χ0n) is 20.6. The number of alkyl halides is 3. The number of hydrogen-bond acceptors (Lipinski definition) is 5. The molecule has 0 aliphatic carbocycles. The lowest BCUT2D eigenvalue weighted by Gasteiger charge is -2.14. The molecule has 2 amide bonds. The number of nitrogens with one attached hydrogen (secondary N) is 2. The van der Waals surface area contributed by atoms with Crippen molar-refractivity contribution in [3.63, 3.8) is 0 Å². The Morgan fingerprint density at radius 1 is 0.895 bits per heavy atom. The number of carbonyl (C=O) groups is 2. The molecular weight excluding hydrogens is 499 g/mol. The van der Waals surface area contributed by atoms with Crippen LogP contribution in [-0.2, 0) is 18.0 Å². The number of aromatic nitrogens is 3. The topological polar surface area (TPSA) is 106 Å². The molecule has 0 spiro atoms. The molecule has 1 aromatic carbocycles. The molecule has 2 N–H and O–H groups in total. The zero-order chi connectivity index (χ0) is 27.6. The second-order valence-electron chi connectivity index (χ2n) is 8.58. The smallest absolute Gasteiger partial charge is 0.322 e. The summed E-state index contributed by atoms with van der Waals surface area (Å²) in [5.74, 6) is -0.725. The molecule has 194 valence electrons. The molecule has 0 saturated heterocycles. The van der Waals surface area contributed by atoms with Gasteiger partial charge in [-0.1, -0.05) is 6.07 Å². The van der Waals surface area contributed by atoms with Gasteiger partial charge in [0.1, 0.15) is 11.5 Å². The first-order valence-corrected chi connectivity index (χ1v) is 11.3. The molecule has 0 bridgehead atoms. The molecule has 0 unspecified atom stereocenters. The van der Waals surface area contributed by atoms with Crippen LogP contribution in [0.2, 0.25) is 0 Å². The van der Waals surface area contributed by atoms with Crippen LogP contribution < -0.4 is 16.2 Å². The lowest BCUT2D eigenvalue weighted by Crippen LogP contribution is -2.18. The Kier molecular flexibility index (Phi) is 7.11. The van der Waals surface area contributed by atoms with Gasteiger partial charge in [0.05, 0.1) is 0 Å². The Labute approximate surface area is 215 Å². The van der Waals surface area contributed by atoms with Crippen LogP contribution >= 0.6 is 0 Å². The van der Waals surface area contributed by atoms with Gasteiger partial charge in [-0.15, -0.1) is 0 Å². The van der Waals surface area contributed by atoms with Gasteiger partial charge in [0.25, 0.3) is 11.5 Å². The van der Waals surface area contributed by atoms with Crippen molar-refractivity contribution in [3.05, 3.63) is 94.3 Å². The summed E-state index contributed by atoms with van der Waals surface area (Å²) in [5.41, 5.74) is 1.85. The number of halogens is 3. The van der Waals surface area contributed by atoms with Crippen molar-refractivity contribution in [2.45, 2.75) is 20.0 Å². The van der Waals surface area contributed by atoms with E-state index in [0.29, 0.717) is 39.8 Å². The van der Waals surface area contributed by atoms with Gasteiger partial charge in [-0.2, -0.15) is 13.2 Å². The fourth-order valence-electron chi connectivity index (χ4n) is 3.85. The van der Waals surface area contributed by atoms with E-state index in [0.717, 1.165) is 11.8 Å². The minimum absolute atomic E-state index is 0.188. The van der Waals surface area contributed by atoms with Gasteiger partial charge in [-0.25, -0.2) is 4.98 Å².